The van der Waals surface area contributed by atoms with Gasteiger partial charge in [0.05, 0.1) is 27.7 Å². The van der Waals surface area contributed by atoms with E-state index < -0.39 is 80.2 Å². The molecule has 2 aromatic heterocycles. The van der Waals surface area contributed by atoms with Crippen LogP contribution in [0.4, 0.5) is 4.79 Å². The highest BCUT2D eigenvalue weighted by Crippen LogP contribution is 2.45. The third-order valence-corrected chi connectivity index (χ3v) is 12.3. The average Bonchev–Trinajstić information content (AvgIpc) is 4.00. The average molecular weight is 822 g/mol. The van der Waals surface area contributed by atoms with Gasteiger partial charge in [-0.3, -0.25) is 23.9 Å². The number of hydrogen-bond donors (Lipinski definition) is 4. The Bertz CT molecular complexity index is 2210. The first kappa shape index (κ1) is 41.3. The fourth-order valence-electron chi connectivity index (χ4n) is 6.56. The number of allylic oxidation sites excluding steroid dienone is 1. The normalized spacial score (nSPS) is 22.1. The number of thiophene rings is 1. The zero-order valence-corrected chi connectivity index (χ0v) is 34.0. The number of amides is 5. The summed E-state index contributed by atoms with van der Waals surface area (Å²) in [6, 6.07) is 8.30. The van der Waals surface area contributed by atoms with Gasteiger partial charge in [-0.2, -0.15) is 0 Å². The van der Waals surface area contributed by atoms with E-state index in [4.69, 9.17) is 19.4 Å². The van der Waals surface area contributed by atoms with Crippen LogP contribution in [0, 0.1) is 5.92 Å². The minimum Gasteiger partial charge on any atom is -0.471 e. The van der Waals surface area contributed by atoms with E-state index in [1.165, 1.54) is 28.4 Å². The van der Waals surface area contributed by atoms with E-state index in [9.17, 15) is 32.4 Å². The quantitative estimate of drug-likeness (QED) is 0.137. The second-order valence-corrected chi connectivity index (χ2v) is 18.6. The fourth-order valence-corrected chi connectivity index (χ4v) is 8.63. The summed E-state index contributed by atoms with van der Waals surface area (Å²) in [4.78, 5) is 79.8. The number of alkyl carbamates (subject to hydrolysis) is 1. The van der Waals surface area contributed by atoms with Crippen LogP contribution in [-0.2, 0) is 33.9 Å². The number of hydrogen-bond acceptors (Lipinski definition) is 12. The molecule has 1 aliphatic heterocycles. The molecule has 304 valence electrons. The summed E-state index contributed by atoms with van der Waals surface area (Å²) >= 11 is 1.43. The van der Waals surface area contributed by atoms with Crippen molar-refractivity contribution in [2.24, 2.45) is 5.92 Å². The number of ether oxygens (including phenoxy) is 2. The smallest absolute Gasteiger partial charge is 0.408 e. The summed E-state index contributed by atoms with van der Waals surface area (Å²) in [5.41, 5.74) is -0.204. The largest absolute Gasteiger partial charge is 0.471 e. The van der Waals surface area contributed by atoms with Gasteiger partial charge in [0, 0.05) is 25.0 Å². The number of benzene rings is 1. The Morgan fingerprint density at radius 2 is 1.77 bits per heavy atom. The van der Waals surface area contributed by atoms with Gasteiger partial charge in [-0.05, 0) is 77.5 Å². The maximum Gasteiger partial charge on any atom is 0.408 e. The fraction of sp³-hybridized carbons (Fsp3) is 0.462. The molecule has 6 rings (SSSR count). The number of nitrogens with one attached hydrogen (secondary N) is 4. The van der Waals surface area contributed by atoms with Gasteiger partial charge in [0.1, 0.15) is 35.0 Å². The first-order valence-electron chi connectivity index (χ1n) is 18.6. The van der Waals surface area contributed by atoms with Crippen LogP contribution >= 0.6 is 11.3 Å². The minimum atomic E-state index is -3.95. The lowest BCUT2D eigenvalue weighted by Gasteiger charge is -2.30. The number of carbonyl (C=O) groups is 5. The lowest BCUT2D eigenvalue weighted by atomic mass is 10.1. The summed E-state index contributed by atoms with van der Waals surface area (Å²) < 4.78 is 39.6. The SMILES string of the molecule is C=C[C@@H]1C[C@]1(NC(=O)[C@@H]1C[C@@H](Oc2nc3ccccc3nc2-c2cccs2)CN1C(=O)[C@H](CNC(=O)C=C(C)C)NC(=O)OC(C)(C)C)C(=O)NS(=O)(=O)C1CC1. The Labute approximate surface area is 334 Å². The molecule has 3 aromatic rings. The Morgan fingerprint density at radius 3 is 2.37 bits per heavy atom. The first-order valence-corrected chi connectivity index (χ1v) is 21.0. The summed E-state index contributed by atoms with van der Waals surface area (Å²) in [5, 5.41) is 9.13. The highest BCUT2D eigenvalue weighted by molar-refractivity contribution is 7.91. The van der Waals surface area contributed by atoms with Gasteiger partial charge >= 0.3 is 6.09 Å². The van der Waals surface area contributed by atoms with Crippen molar-refractivity contribution in [3.63, 3.8) is 0 Å². The maximum atomic E-state index is 14.6. The van der Waals surface area contributed by atoms with E-state index in [0.717, 1.165) is 4.88 Å². The van der Waals surface area contributed by atoms with E-state index >= 15 is 0 Å². The van der Waals surface area contributed by atoms with Gasteiger partial charge < -0.3 is 30.3 Å². The highest BCUT2D eigenvalue weighted by atomic mass is 32.2. The van der Waals surface area contributed by atoms with Gasteiger partial charge in [-0.15, -0.1) is 17.9 Å². The number of sulfonamides is 1. The molecule has 57 heavy (non-hydrogen) atoms. The Kier molecular flexibility index (Phi) is 11.8. The van der Waals surface area contributed by atoms with Crippen molar-refractivity contribution in [1.29, 1.82) is 0 Å². The summed E-state index contributed by atoms with van der Waals surface area (Å²) in [7, 11) is -3.95. The second kappa shape index (κ2) is 16.2. The number of likely N-dealkylation sites (tertiary alicyclic amines) is 1. The number of aromatic nitrogens is 2. The molecule has 1 aromatic carbocycles. The van der Waals surface area contributed by atoms with E-state index in [1.807, 2.05) is 35.7 Å². The highest BCUT2D eigenvalue weighted by Gasteiger charge is 2.62. The molecule has 2 aliphatic carbocycles. The van der Waals surface area contributed by atoms with Crippen LogP contribution in [-0.4, -0.2) is 101 Å². The monoisotopic (exact) mass is 821 g/mol. The standard InChI is InChI=1S/C39H47N7O9S2/c1-7-23-19-39(23,36(50)45-57(52,53)25-14-15-25)44-33(48)29-18-24(54-34-32(30-13-10-16-56-30)41-26-11-8-9-12-27(26)42-34)21-46(29)35(49)28(20-40-31(47)17-22(2)3)43-37(51)55-38(4,5)6/h7-13,16-17,23-25,28-29H,1,14-15,18-21H2,2-6H3,(H,40,47)(H,43,51)(H,44,48)(H,45,50)/t23-,24-,28+,29+,39-/m1/s1. The summed E-state index contributed by atoms with van der Waals surface area (Å²) in [5.74, 6) is -3.33. The van der Waals surface area contributed by atoms with Crippen LogP contribution in [0.5, 0.6) is 5.88 Å². The number of fused-ring (bicyclic) bond motifs is 1. The molecule has 3 aliphatic rings. The second-order valence-electron chi connectivity index (χ2n) is 15.7. The zero-order chi connectivity index (χ0) is 41.3. The molecule has 2 saturated carbocycles. The summed E-state index contributed by atoms with van der Waals surface area (Å²) in [6.45, 7) is 11.6. The molecule has 1 saturated heterocycles. The van der Waals surface area contributed by atoms with Crippen molar-refractivity contribution in [2.75, 3.05) is 13.1 Å². The molecular formula is C39H47N7O9S2. The lowest BCUT2D eigenvalue weighted by molar-refractivity contribution is -0.141. The van der Waals surface area contributed by atoms with Crippen LogP contribution in [0.2, 0.25) is 0 Å². The minimum absolute atomic E-state index is 0.0872. The predicted molar refractivity (Wildman–Crippen MR) is 212 cm³/mol. The van der Waals surface area contributed by atoms with Gasteiger partial charge in [0.2, 0.25) is 33.6 Å². The molecule has 18 heteroatoms. The predicted octanol–water partition coefficient (Wildman–Crippen LogP) is 3.35. The Balaban J connectivity index is 1.32. The van der Waals surface area contributed by atoms with Crippen molar-refractivity contribution < 1.29 is 41.9 Å². The number of nitrogens with zero attached hydrogens (tertiary/aromatic N) is 3. The lowest BCUT2D eigenvalue weighted by Crippen LogP contribution is -2.59. The molecule has 4 N–H and O–H groups in total. The molecule has 0 unspecified atom stereocenters. The molecule has 5 atom stereocenters. The third-order valence-electron chi connectivity index (χ3n) is 9.56. The van der Waals surface area contributed by atoms with Gasteiger partial charge in [0.15, 0.2) is 0 Å². The molecule has 16 nitrogen and oxygen atoms in total. The Morgan fingerprint density at radius 1 is 1.07 bits per heavy atom. The van der Waals surface area contributed by atoms with Crippen LogP contribution in [0.3, 0.4) is 0 Å². The van der Waals surface area contributed by atoms with Gasteiger partial charge in [-0.1, -0.05) is 29.8 Å². The molecule has 0 spiro atoms. The maximum absolute atomic E-state index is 14.6. The van der Waals surface area contributed by atoms with Crippen molar-refractivity contribution in [1.82, 2.24) is 35.5 Å². The summed E-state index contributed by atoms with van der Waals surface area (Å²) in [6.07, 6.45) is 1.87. The molecule has 0 bridgehead atoms. The van der Waals surface area contributed by atoms with Crippen LogP contribution in [0.15, 0.2) is 66.1 Å². The molecule has 0 radical (unpaired) electrons. The topological polar surface area (TPSA) is 215 Å². The van der Waals surface area contributed by atoms with Crippen LogP contribution in [0.25, 0.3) is 21.6 Å². The van der Waals surface area contributed by atoms with E-state index in [2.05, 4.69) is 27.3 Å². The number of para-hydroxylation sites is 2. The van der Waals surface area contributed by atoms with Gasteiger partial charge in [-0.25, -0.2) is 23.2 Å². The van der Waals surface area contributed by atoms with Crippen LogP contribution in [0.1, 0.15) is 60.3 Å². The zero-order valence-electron chi connectivity index (χ0n) is 32.4. The van der Waals surface area contributed by atoms with Crippen molar-refractivity contribution in [3.8, 4) is 16.5 Å². The molecule has 5 amide bonds. The first-order chi connectivity index (χ1) is 26.9. The van der Waals surface area contributed by atoms with Crippen LogP contribution < -0.4 is 25.4 Å². The van der Waals surface area contributed by atoms with E-state index in [0.29, 0.717) is 35.1 Å². The molecule has 3 heterocycles. The Hall–Kier alpha value is -5.36. The van der Waals surface area contributed by atoms with Crippen molar-refractivity contribution >= 4 is 62.1 Å². The number of rotatable bonds is 14. The van der Waals surface area contributed by atoms with Crippen molar-refractivity contribution in [3.05, 3.63) is 66.1 Å². The third kappa shape index (κ3) is 9.79. The molecule has 3 fully saturated rings. The van der Waals surface area contributed by atoms with Gasteiger partial charge in [0.25, 0.3) is 5.91 Å². The van der Waals surface area contributed by atoms with E-state index in [-0.39, 0.29) is 31.8 Å². The molecular weight excluding hydrogens is 775 g/mol. The van der Waals surface area contributed by atoms with E-state index in [1.54, 1.807) is 40.7 Å². The number of carbonyl (C=O) groups excluding carboxylic acids is 5. The van der Waals surface area contributed by atoms with Crippen molar-refractivity contribution in [2.45, 2.75) is 94.9 Å².